The first-order chi connectivity index (χ1) is 18.9. The summed E-state index contributed by atoms with van der Waals surface area (Å²) in [6.07, 6.45) is 10.3. The van der Waals surface area contributed by atoms with E-state index in [9.17, 15) is 28.8 Å². The van der Waals surface area contributed by atoms with Crippen LogP contribution < -0.4 is 10.6 Å². The number of ketones is 4. The van der Waals surface area contributed by atoms with Crippen molar-refractivity contribution in [1.82, 2.24) is 15.5 Å². The molecule has 40 heavy (non-hydrogen) atoms. The van der Waals surface area contributed by atoms with Gasteiger partial charge in [0.1, 0.15) is 23.1 Å². The normalized spacial score (nSPS) is 11.3. The van der Waals surface area contributed by atoms with E-state index in [-0.39, 0.29) is 60.0 Å². The summed E-state index contributed by atoms with van der Waals surface area (Å²) in [4.78, 5) is 74.2. The third kappa shape index (κ3) is 21.4. The minimum atomic E-state index is -0.314. The summed E-state index contributed by atoms with van der Waals surface area (Å²) in [5.41, 5.74) is -0.314. The van der Waals surface area contributed by atoms with E-state index in [1.165, 1.54) is 0 Å². The molecule has 9 heteroatoms. The molecule has 0 radical (unpaired) electrons. The Bertz CT molecular complexity index is 803. The van der Waals surface area contributed by atoms with Crippen molar-refractivity contribution in [3.63, 3.8) is 0 Å². The molecule has 0 atom stereocenters. The van der Waals surface area contributed by atoms with Gasteiger partial charge < -0.3 is 10.6 Å². The standard InChI is InChI=1S/C31H55N3O6/c1-31(2,3)28(38)19-12-8-6-10-16-25(35)22-34(24-27(37)18-14-15-21-30(40)33-5)23-26(36)17-11-7-9-13-20-29(39)32-4/h6-24H2,1-5H3,(H,32,39)(H,33,40). The Balaban J connectivity index is 4.59. The van der Waals surface area contributed by atoms with Gasteiger partial charge in [-0.25, -0.2) is 0 Å². The average Bonchev–Trinajstić information content (AvgIpc) is 2.89. The van der Waals surface area contributed by atoms with Crippen molar-refractivity contribution < 1.29 is 28.8 Å². The van der Waals surface area contributed by atoms with Crippen molar-refractivity contribution in [1.29, 1.82) is 0 Å². The first-order valence-electron chi connectivity index (χ1n) is 15.1. The summed E-state index contributed by atoms with van der Waals surface area (Å²) >= 11 is 0. The van der Waals surface area contributed by atoms with Crippen LogP contribution in [0.2, 0.25) is 0 Å². The van der Waals surface area contributed by atoms with Gasteiger partial charge in [-0.1, -0.05) is 46.5 Å². The number of Topliss-reactive ketones (excluding diaryl/α,β-unsaturated/α-hetero) is 4. The number of unbranched alkanes of at least 4 members (excludes halogenated alkanes) is 7. The van der Waals surface area contributed by atoms with Crippen LogP contribution in [0.1, 0.15) is 124 Å². The summed E-state index contributed by atoms with van der Waals surface area (Å²) in [5.74, 6) is 0.210. The van der Waals surface area contributed by atoms with Crippen molar-refractivity contribution in [2.75, 3.05) is 33.7 Å². The molecule has 0 fully saturated rings. The number of hydrogen-bond donors (Lipinski definition) is 2. The zero-order valence-electron chi connectivity index (χ0n) is 25.8. The van der Waals surface area contributed by atoms with E-state index in [1.54, 1.807) is 19.0 Å². The van der Waals surface area contributed by atoms with Crippen molar-refractivity contribution in [3.05, 3.63) is 0 Å². The second-order valence-electron chi connectivity index (χ2n) is 11.8. The number of rotatable bonds is 25. The Morgan fingerprint density at radius 3 is 1.12 bits per heavy atom. The SMILES string of the molecule is CNC(=O)CCCCCCC(=O)CN(CC(=O)CCCCCCC(=O)C(C)(C)C)CC(=O)CCCCC(=O)NC. The highest BCUT2D eigenvalue weighted by Gasteiger charge is 2.20. The molecule has 0 aliphatic carbocycles. The van der Waals surface area contributed by atoms with Crippen LogP contribution in [-0.4, -0.2) is 73.6 Å². The highest BCUT2D eigenvalue weighted by molar-refractivity contribution is 5.86. The van der Waals surface area contributed by atoms with Crippen LogP contribution in [0.5, 0.6) is 0 Å². The number of carbonyl (C=O) groups excluding carboxylic acids is 6. The lowest BCUT2D eigenvalue weighted by molar-refractivity contribution is -0.127. The second kappa shape index (κ2) is 22.3. The highest BCUT2D eigenvalue weighted by Crippen LogP contribution is 2.19. The van der Waals surface area contributed by atoms with E-state index >= 15 is 0 Å². The third-order valence-corrected chi connectivity index (χ3v) is 6.92. The molecule has 0 saturated carbocycles. The predicted octanol–water partition coefficient (Wildman–Crippen LogP) is 4.34. The first kappa shape index (κ1) is 37.6. The van der Waals surface area contributed by atoms with Crippen LogP contribution in [0.4, 0.5) is 0 Å². The maximum Gasteiger partial charge on any atom is 0.219 e. The lowest BCUT2D eigenvalue weighted by atomic mass is 9.88. The first-order valence-corrected chi connectivity index (χ1v) is 15.1. The summed E-state index contributed by atoms with van der Waals surface area (Å²) in [6, 6.07) is 0. The molecule has 0 bridgehead atoms. The Kier molecular flexibility index (Phi) is 20.9. The molecule has 0 aromatic carbocycles. The van der Waals surface area contributed by atoms with E-state index in [0.29, 0.717) is 51.4 Å². The van der Waals surface area contributed by atoms with Crippen LogP contribution in [0.25, 0.3) is 0 Å². The van der Waals surface area contributed by atoms with Crippen LogP contribution in [0.3, 0.4) is 0 Å². The van der Waals surface area contributed by atoms with Gasteiger partial charge in [0.25, 0.3) is 0 Å². The molecule has 0 aliphatic rings. The molecule has 2 amide bonds. The number of nitrogens with one attached hydrogen (secondary N) is 2. The quantitative estimate of drug-likeness (QED) is 0.157. The molecule has 9 nitrogen and oxygen atoms in total. The third-order valence-electron chi connectivity index (χ3n) is 6.92. The van der Waals surface area contributed by atoms with Gasteiger partial charge in [-0.2, -0.15) is 0 Å². The van der Waals surface area contributed by atoms with Crippen LogP contribution in [-0.2, 0) is 28.8 Å². The van der Waals surface area contributed by atoms with Gasteiger partial charge in [-0.15, -0.1) is 0 Å². The van der Waals surface area contributed by atoms with E-state index in [2.05, 4.69) is 10.6 Å². The van der Waals surface area contributed by atoms with Crippen LogP contribution in [0.15, 0.2) is 0 Å². The van der Waals surface area contributed by atoms with E-state index < -0.39 is 0 Å². The summed E-state index contributed by atoms with van der Waals surface area (Å²) < 4.78 is 0. The maximum atomic E-state index is 12.7. The van der Waals surface area contributed by atoms with E-state index in [0.717, 1.165) is 51.4 Å². The fourth-order valence-electron chi connectivity index (χ4n) is 4.31. The molecule has 0 rings (SSSR count). The smallest absolute Gasteiger partial charge is 0.219 e. The predicted molar refractivity (Wildman–Crippen MR) is 158 cm³/mol. The molecule has 0 heterocycles. The lowest BCUT2D eigenvalue weighted by Gasteiger charge is -2.20. The zero-order chi connectivity index (χ0) is 30.4. The summed E-state index contributed by atoms with van der Waals surface area (Å²) in [7, 11) is 3.20. The van der Waals surface area contributed by atoms with Crippen LogP contribution in [0, 0.1) is 5.41 Å². The monoisotopic (exact) mass is 565 g/mol. The molecule has 0 aromatic rings. The van der Waals surface area contributed by atoms with Crippen molar-refractivity contribution in [3.8, 4) is 0 Å². The van der Waals surface area contributed by atoms with Gasteiger partial charge in [0.2, 0.25) is 11.8 Å². The number of amides is 2. The molecule has 0 aromatic heterocycles. The molecule has 0 saturated heterocycles. The fraction of sp³-hybridized carbons (Fsp3) is 0.806. The van der Waals surface area contributed by atoms with Crippen LogP contribution >= 0.6 is 0 Å². The molecule has 0 unspecified atom stereocenters. The molecular weight excluding hydrogens is 510 g/mol. The topological polar surface area (TPSA) is 130 Å². The van der Waals surface area contributed by atoms with Crippen molar-refractivity contribution in [2.45, 2.75) is 124 Å². The molecule has 2 N–H and O–H groups in total. The van der Waals surface area contributed by atoms with Gasteiger partial charge in [0, 0.05) is 58.0 Å². The Labute approximate surface area is 242 Å². The Morgan fingerprint density at radius 2 is 0.775 bits per heavy atom. The van der Waals surface area contributed by atoms with E-state index in [1.807, 2.05) is 20.8 Å². The summed E-state index contributed by atoms with van der Waals surface area (Å²) in [6.45, 7) is 5.98. The van der Waals surface area contributed by atoms with Gasteiger partial charge in [-0.05, 0) is 38.5 Å². The minimum absolute atomic E-state index is 0.00929. The number of carbonyl (C=O) groups is 6. The van der Waals surface area contributed by atoms with E-state index in [4.69, 9.17) is 0 Å². The molecular formula is C31H55N3O6. The van der Waals surface area contributed by atoms with Crippen molar-refractivity contribution in [2.24, 2.45) is 5.41 Å². The highest BCUT2D eigenvalue weighted by atomic mass is 16.2. The maximum absolute atomic E-state index is 12.7. The molecule has 0 aliphatic heterocycles. The Morgan fingerprint density at radius 1 is 0.475 bits per heavy atom. The van der Waals surface area contributed by atoms with Gasteiger partial charge in [0.15, 0.2) is 0 Å². The molecule has 230 valence electrons. The molecule has 0 spiro atoms. The van der Waals surface area contributed by atoms with Gasteiger partial charge >= 0.3 is 0 Å². The minimum Gasteiger partial charge on any atom is -0.359 e. The second-order valence-corrected chi connectivity index (χ2v) is 11.8. The lowest BCUT2D eigenvalue weighted by Crippen LogP contribution is -2.38. The van der Waals surface area contributed by atoms with Crippen molar-refractivity contribution >= 4 is 34.9 Å². The number of hydrogen-bond acceptors (Lipinski definition) is 7. The van der Waals surface area contributed by atoms with Gasteiger partial charge in [0.05, 0.1) is 19.6 Å². The zero-order valence-corrected chi connectivity index (χ0v) is 25.8. The Hall–Kier alpha value is -2.42. The summed E-state index contributed by atoms with van der Waals surface area (Å²) in [5, 5.41) is 5.16. The largest absolute Gasteiger partial charge is 0.359 e. The fourth-order valence-corrected chi connectivity index (χ4v) is 4.31. The van der Waals surface area contributed by atoms with Gasteiger partial charge in [-0.3, -0.25) is 33.7 Å². The number of nitrogens with zero attached hydrogens (tertiary/aromatic N) is 1. The average molecular weight is 566 g/mol.